The lowest BCUT2D eigenvalue weighted by atomic mass is 9.92. The number of nitrogens with zero attached hydrogens (tertiary/aromatic N) is 1. The van der Waals surface area contributed by atoms with Gasteiger partial charge in [-0.05, 0) is 47.0 Å². The van der Waals surface area contributed by atoms with Crippen molar-refractivity contribution in [2.24, 2.45) is 0 Å². The number of carbonyl (C=O) groups is 1. The Morgan fingerprint density at radius 2 is 1.95 bits per heavy atom. The lowest BCUT2D eigenvalue weighted by Crippen LogP contribution is -2.57. The van der Waals surface area contributed by atoms with E-state index in [0.717, 1.165) is 32.4 Å². The number of morpholine rings is 1. The van der Waals surface area contributed by atoms with E-state index in [4.69, 9.17) is 9.47 Å². The second-order valence-electron chi connectivity index (χ2n) is 7.01. The first-order chi connectivity index (χ1) is 9.84. The van der Waals surface area contributed by atoms with Crippen LogP contribution in [0.1, 0.15) is 47.0 Å². The predicted molar refractivity (Wildman–Crippen MR) is 82.2 cm³/mol. The summed E-state index contributed by atoms with van der Waals surface area (Å²) in [5.41, 5.74) is -0.597. The molecule has 5 nitrogen and oxygen atoms in total. The summed E-state index contributed by atoms with van der Waals surface area (Å²) < 4.78 is 10.8. The van der Waals surface area contributed by atoms with Crippen molar-refractivity contribution in [1.82, 2.24) is 10.2 Å². The minimum atomic E-state index is -0.597. The number of carbonyl (C=O) groups excluding carboxylic acids is 1. The van der Waals surface area contributed by atoms with Crippen molar-refractivity contribution in [2.75, 3.05) is 20.2 Å². The van der Waals surface area contributed by atoms with Crippen LogP contribution in [0.25, 0.3) is 0 Å². The van der Waals surface area contributed by atoms with Crippen LogP contribution < -0.4 is 5.32 Å². The average Bonchev–Trinajstić information content (AvgIpc) is 3.20. The van der Waals surface area contributed by atoms with Gasteiger partial charge in [-0.25, -0.2) is 0 Å². The fourth-order valence-corrected chi connectivity index (χ4v) is 3.40. The van der Waals surface area contributed by atoms with Gasteiger partial charge in [0.05, 0.1) is 19.3 Å². The summed E-state index contributed by atoms with van der Waals surface area (Å²) in [6.07, 6.45) is 3.57. The molecule has 1 aliphatic heterocycles. The first-order valence-electron chi connectivity index (χ1n) is 8.09. The molecule has 122 valence electrons. The molecule has 21 heavy (non-hydrogen) atoms. The Labute approximate surface area is 128 Å². The summed E-state index contributed by atoms with van der Waals surface area (Å²) in [4.78, 5) is 14.6. The molecule has 4 unspecified atom stereocenters. The highest BCUT2D eigenvalue weighted by atomic mass is 16.5. The lowest BCUT2D eigenvalue weighted by Gasteiger charge is -2.41. The van der Waals surface area contributed by atoms with Crippen LogP contribution in [0.2, 0.25) is 0 Å². The van der Waals surface area contributed by atoms with Gasteiger partial charge in [0.15, 0.2) is 0 Å². The first kappa shape index (κ1) is 16.7. The number of rotatable bonds is 6. The smallest absolute Gasteiger partial charge is 0.325 e. The van der Waals surface area contributed by atoms with Gasteiger partial charge in [-0.2, -0.15) is 0 Å². The zero-order valence-electron chi connectivity index (χ0n) is 14.0. The van der Waals surface area contributed by atoms with E-state index in [1.165, 1.54) is 7.11 Å². The summed E-state index contributed by atoms with van der Waals surface area (Å²) in [5, 5.41) is 3.48. The van der Waals surface area contributed by atoms with Gasteiger partial charge in [-0.15, -0.1) is 0 Å². The highest BCUT2D eigenvalue weighted by Crippen LogP contribution is 2.27. The third-order valence-electron chi connectivity index (χ3n) is 4.51. The van der Waals surface area contributed by atoms with E-state index in [1.807, 2.05) is 6.92 Å². The topological polar surface area (TPSA) is 50.8 Å². The van der Waals surface area contributed by atoms with Gasteiger partial charge in [-0.1, -0.05) is 0 Å². The van der Waals surface area contributed by atoms with Crippen LogP contribution >= 0.6 is 0 Å². The zero-order valence-corrected chi connectivity index (χ0v) is 14.0. The van der Waals surface area contributed by atoms with Gasteiger partial charge in [0.1, 0.15) is 5.54 Å². The number of nitrogens with one attached hydrogen (secondary N) is 1. The Kier molecular flexibility index (Phi) is 5.28. The Morgan fingerprint density at radius 1 is 1.38 bits per heavy atom. The van der Waals surface area contributed by atoms with E-state index in [0.29, 0.717) is 12.1 Å². The Balaban J connectivity index is 1.99. The molecule has 0 aromatic heterocycles. The summed E-state index contributed by atoms with van der Waals surface area (Å²) >= 11 is 0. The highest BCUT2D eigenvalue weighted by molar-refractivity contribution is 5.80. The minimum absolute atomic E-state index is 0.157. The Morgan fingerprint density at radius 3 is 2.43 bits per heavy atom. The molecule has 0 bridgehead atoms. The molecule has 0 amide bonds. The van der Waals surface area contributed by atoms with Gasteiger partial charge in [-0.3, -0.25) is 15.0 Å². The van der Waals surface area contributed by atoms with E-state index in [2.05, 4.69) is 31.0 Å². The van der Waals surface area contributed by atoms with Crippen molar-refractivity contribution in [3.8, 4) is 0 Å². The minimum Gasteiger partial charge on any atom is -0.468 e. The van der Waals surface area contributed by atoms with E-state index in [9.17, 15) is 4.79 Å². The Hall–Kier alpha value is -0.650. The van der Waals surface area contributed by atoms with E-state index >= 15 is 0 Å². The fraction of sp³-hybridized carbons (Fsp3) is 0.938. The molecular weight excluding hydrogens is 268 g/mol. The molecule has 2 aliphatic rings. The second-order valence-corrected chi connectivity index (χ2v) is 7.01. The molecule has 0 aromatic carbocycles. The Bertz CT molecular complexity index is 363. The maximum Gasteiger partial charge on any atom is 0.325 e. The molecule has 1 heterocycles. The fourth-order valence-electron chi connectivity index (χ4n) is 3.40. The molecular formula is C16H30N2O3. The molecule has 1 N–H and O–H groups in total. The summed E-state index contributed by atoms with van der Waals surface area (Å²) in [6, 6.07) is 0.790. The number of methoxy groups -OCH3 is 1. The third-order valence-corrected chi connectivity index (χ3v) is 4.51. The summed E-state index contributed by atoms with van der Waals surface area (Å²) in [6.45, 7) is 10.2. The first-order valence-corrected chi connectivity index (χ1v) is 8.09. The monoisotopic (exact) mass is 298 g/mol. The van der Waals surface area contributed by atoms with Crippen LogP contribution in [0.5, 0.6) is 0 Å². The molecule has 0 aromatic rings. The second kappa shape index (κ2) is 6.63. The van der Waals surface area contributed by atoms with Crippen molar-refractivity contribution in [1.29, 1.82) is 0 Å². The van der Waals surface area contributed by atoms with Gasteiger partial charge < -0.3 is 9.47 Å². The van der Waals surface area contributed by atoms with Crippen molar-refractivity contribution < 1.29 is 14.3 Å². The molecule has 1 aliphatic carbocycles. The van der Waals surface area contributed by atoms with E-state index < -0.39 is 5.54 Å². The van der Waals surface area contributed by atoms with Gasteiger partial charge in [0.25, 0.3) is 0 Å². The molecule has 2 rings (SSSR count). The predicted octanol–water partition coefficient (Wildman–Crippen LogP) is 1.56. The van der Waals surface area contributed by atoms with Crippen LogP contribution in [0.3, 0.4) is 0 Å². The van der Waals surface area contributed by atoms with Crippen LogP contribution in [0.4, 0.5) is 0 Å². The lowest BCUT2D eigenvalue weighted by molar-refractivity contribution is -0.149. The van der Waals surface area contributed by atoms with Crippen molar-refractivity contribution in [2.45, 2.75) is 76.8 Å². The van der Waals surface area contributed by atoms with Crippen LogP contribution in [0, 0.1) is 0 Å². The molecule has 1 saturated heterocycles. The maximum atomic E-state index is 12.2. The van der Waals surface area contributed by atoms with Crippen LogP contribution in [-0.4, -0.2) is 60.9 Å². The van der Waals surface area contributed by atoms with Crippen LogP contribution in [-0.2, 0) is 14.3 Å². The van der Waals surface area contributed by atoms with E-state index in [1.54, 1.807) is 0 Å². The normalized spacial score (nSPS) is 31.5. The standard InChI is InChI=1S/C16H30N2O3/c1-11(18-9-12(2)21-13(3)10-18)8-16(4,15(19)20-5)17-14-6-7-14/h11-14,17H,6-10H2,1-5H3. The number of hydrogen-bond donors (Lipinski definition) is 1. The average molecular weight is 298 g/mol. The van der Waals surface area contributed by atoms with Gasteiger partial charge >= 0.3 is 5.97 Å². The molecule has 4 atom stereocenters. The van der Waals surface area contributed by atoms with Crippen LogP contribution in [0.15, 0.2) is 0 Å². The largest absolute Gasteiger partial charge is 0.468 e. The molecule has 2 fully saturated rings. The number of ether oxygens (including phenoxy) is 2. The number of hydrogen-bond acceptors (Lipinski definition) is 5. The summed E-state index contributed by atoms with van der Waals surface area (Å²) in [5.74, 6) is -0.157. The summed E-state index contributed by atoms with van der Waals surface area (Å²) in [7, 11) is 1.47. The SMILES string of the molecule is COC(=O)C(C)(CC(C)N1CC(C)OC(C)C1)NC1CC1. The molecule has 5 heteroatoms. The molecule has 0 spiro atoms. The highest BCUT2D eigenvalue weighted by Gasteiger charge is 2.41. The number of esters is 1. The van der Waals surface area contributed by atoms with Crippen molar-refractivity contribution in [3.05, 3.63) is 0 Å². The molecule has 0 radical (unpaired) electrons. The maximum absolute atomic E-state index is 12.2. The van der Waals surface area contributed by atoms with Crippen molar-refractivity contribution >= 4 is 5.97 Å². The quantitative estimate of drug-likeness (QED) is 0.754. The van der Waals surface area contributed by atoms with Crippen molar-refractivity contribution in [3.63, 3.8) is 0 Å². The molecule has 1 saturated carbocycles. The van der Waals surface area contributed by atoms with E-state index in [-0.39, 0.29) is 18.2 Å². The van der Waals surface area contributed by atoms with Gasteiger partial charge in [0, 0.05) is 25.2 Å². The zero-order chi connectivity index (χ0) is 15.6. The third kappa shape index (κ3) is 4.41. The van der Waals surface area contributed by atoms with Gasteiger partial charge in [0.2, 0.25) is 0 Å².